The van der Waals surface area contributed by atoms with Crippen molar-refractivity contribution in [3.8, 4) is 5.75 Å². The molecule has 0 aliphatic carbocycles. The Kier molecular flexibility index (Phi) is 6.55. The van der Waals surface area contributed by atoms with Crippen molar-refractivity contribution in [3.05, 3.63) is 52.2 Å². The van der Waals surface area contributed by atoms with E-state index in [2.05, 4.69) is 37.6 Å². The van der Waals surface area contributed by atoms with Crippen molar-refractivity contribution >= 4 is 17.2 Å². The lowest BCUT2D eigenvalue weighted by Crippen LogP contribution is -2.51. The topological polar surface area (TPSA) is 45.2 Å². The number of nitrogens with zero attached hydrogens (tertiary/aromatic N) is 3. The lowest BCUT2D eigenvalue weighted by molar-refractivity contribution is -0.134. The molecule has 7 heteroatoms. The fourth-order valence-corrected chi connectivity index (χ4v) is 5.65. The number of morpholine rings is 1. The molecule has 166 valence electrons. The average Bonchev–Trinajstić information content (AvgIpc) is 3.29. The highest BCUT2D eigenvalue weighted by Crippen LogP contribution is 2.32. The van der Waals surface area contributed by atoms with Gasteiger partial charge in [-0.25, -0.2) is 0 Å². The third-order valence-corrected chi connectivity index (χ3v) is 7.41. The van der Waals surface area contributed by atoms with Gasteiger partial charge in [0.15, 0.2) is 0 Å². The SMILES string of the molecule is O=C(CN1Cc2ccccc2OC(c2ccsc2)C1)N1CCC(N2CCOCC2)CC1. The number of carbonyl (C=O) groups excluding carboxylic acids is 1. The second-order valence-corrected chi connectivity index (χ2v) is 9.48. The predicted molar refractivity (Wildman–Crippen MR) is 121 cm³/mol. The molecule has 3 aliphatic heterocycles. The summed E-state index contributed by atoms with van der Waals surface area (Å²) in [6, 6.07) is 10.9. The Morgan fingerprint density at radius 1 is 1.06 bits per heavy atom. The first-order valence-electron chi connectivity index (χ1n) is 11.3. The Hall–Kier alpha value is -1.93. The molecule has 31 heavy (non-hydrogen) atoms. The number of hydrogen-bond donors (Lipinski definition) is 0. The first kappa shape index (κ1) is 20.9. The van der Waals surface area contributed by atoms with Gasteiger partial charge >= 0.3 is 0 Å². The Morgan fingerprint density at radius 2 is 1.87 bits per heavy atom. The maximum Gasteiger partial charge on any atom is 0.236 e. The molecule has 1 aromatic carbocycles. The van der Waals surface area contributed by atoms with E-state index in [9.17, 15) is 4.79 Å². The van der Waals surface area contributed by atoms with E-state index in [1.165, 1.54) is 5.56 Å². The summed E-state index contributed by atoms with van der Waals surface area (Å²) in [6.45, 7) is 7.34. The Balaban J connectivity index is 1.22. The van der Waals surface area contributed by atoms with E-state index < -0.39 is 0 Å². The quantitative estimate of drug-likeness (QED) is 0.730. The number of ether oxygens (including phenoxy) is 2. The van der Waals surface area contributed by atoms with Crippen molar-refractivity contribution in [2.45, 2.75) is 31.5 Å². The van der Waals surface area contributed by atoms with Crippen molar-refractivity contribution in [2.24, 2.45) is 0 Å². The van der Waals surface area contributed by atoms with Crippen LogP contribution in [-0.2, 0) is 16.1 Å². The van der Waals surface area contributed by atoms with Crippen LogP contribution in [0.25, 0.3) is 0 Å². The highest BCUT2D eigenvalue weighted by Gasteiger charge is 2.30. The number of benzene rings is 1. The van der Waals surface area contributed by atoms with Gasteiger partial charge in [-0.3, -0.25) is 14.6 Å². The number of likely N-dealkylation sites (tertiary alicyclic amines) is 1. The minimum atomic E-state index is -0.0465. The van der Waals surface area contributed by atoms with Crippen LogP contribution in [0.3, 0.4) is 0 Å². The van der Waals surface area contributed by atoms with Crippen molar-refractivity contribution in [1.29, 1.82) is 0 Å². The number of carbonyl (C=O) groups is 1. The smallest absolute Gasteiger partial charge is 0.236 e. The van der Waals surface area contributed by atoms with Gasteiger partial charge in [0.25, 0.3) is 0 Å². The summed E-state index contributed by atoms with van der Waals surface area (Å²) in [5.41, 5.74) is 2.34. The number of rotatable bonds is 4. The Bertz CT molecular complexity index is 861. The maximum absolute atomic E-state index is 13.2. The summed E-state index contributed by atoms with van der Waals surface area (Å²) in [4.78, 5) is 20.0. The summed E-state index contributed by atoms with van der Waals surface area (Å²) in [6.07, 6.45) is 2.08. The lowest BCUT2D eigenvalue weighted by atomic mass is 10.0. The molecule has 2 fully saturated rings. The monoisotopic (exact) mass is 441 g/mol. The minimum Gasteiger partial charge on any atom is -0.484 e. The molecule has 5 rings (SSSR count). The van der Waals surface area contributed by atoms with Gasteiger partial charge in [-0.15, -0.1) is 0 Å². The van der Waals surface area contributed by atoms with Crippen molar-refractivity contribution in [2.75, 3.05) is 52.5 Å². The molecule has 0 spiro atoms. The first-order valence-corrected chi connectivity index (χ1v) is 12.3. The zero-order valence-electron chi connectivity index (χ0n) is 17.9. The largest absolute Gasteiger partial charge is 0.484 e. The Labute approximate surface area is 188 Å². The van der Waals surface area contributed by atoms with E-state index in [1.54, 1.807) is 11.3 Å². The van der Waals surface area contributed by atoms with E-state index in [4.69, 9.17) is 9.47 Å². The van der Waals surface area contributed by atoms with Crippen LogP contribution in [0, 0.1) is 0 Å². The summed E-state index contributed by atoms with van der Waals surface area (Å²) >= 11 is 1.69. The molecule has 1 atom stereocenters. The Morgan fingerprint density at radius 3 is 2.65 bits per heavy atom. The number of fused-ring (bicyclic) bond motifs is 1. The van der Waals surface area contributed by atoms with Crippen LogP contribution < -0.4 is 4.74 Å². The first-order chi connectivity index (χ1) is 15.3. The molecule has 0 radical (unpaired) electrons. The lowest BCUT2D eigenvalue weighted by Gasteiger charge is -2.40. The molecule has 1 amide bonds. The molecular formula is C24H31N3O3S. The number of hydrogen-bond acceptors (Lipinski definition) is 6. The fraction of sp³-hybridized carbons (Fsp3) is 0.542. The highest BCUT2D eigenvalue weighted by atomic mass is 32.1. The molecule has 2 saturated heterocycles. The zero-order chi connectivity index (χ0) is 21.0. The third kappa shape index (κ3) is 4.95. The molecule has 3 aliphatic rings. The van der Waals surface area contributed by atoms with Crippen LogP contribution in [0.15, 0.2) is 41.1 Å². The second kappa shape index (κ2) is 9.69. The van der Waals surface area contributed by atoms with Crippen LogP contribution in [0.5, 0.6) is 5.75 Å². The van der Waals surface area contributed by atoms with Gasteiger partial charge in [-0.2, -0.15) is 11.3 Å². The molecule has 0 N–H and O–H groups in total. The number of piperidine rings is 1. The molecule has 0 saturated carbocycles. The second-order valence-electron chi connectivity index (χ2n) is 8.70. The average molecular weight is 442 g/mol. The highest BCUT2D eigenvalue weighted by molar-refractivity contribution is 7.07. The van der Waals surface area contributed by atoms with E-state index in [0.717, 1.165) is 76.6 Å². The maximum atomic E-state index is 13.2. The molecule has 4 heterocycles. The number of para-hydroxylation sites is 1. The van der Waals surface area contributed by atoms with E-state index in [1.807, 2.05) is 18.2 Å². The third-order valence-electron chi connectivity index (χ3n) is 6.71. The standard InChI is InChI=1S/C24H31N3O3S/c28-24(27-8-5-21(6-9-27)26-10-12-29-13-11-26)17-25-15-19-3-1-2-4-22(19)30-23(16-25)20-7-14-31-18-20/h1-4,7,14,18,21,23H,5-6,8-13,15-17H2. The summed E-state index contributed by atoms with van der Waals surface area (Å²) < 4.78 is 11.8. The van der Waals surface area contributed by atoms with Gasteiger partial charge in [0.1, 0.15) is 11.9 Å². The van der Waals surface area contributed by atoms with Crippen LogP contribution in [-0.4, -0.2) is 79.1 Å². The van der Waals surface area contributed by atoms with Crippen molar-refractivity contribution in [1.82, 2.24) is 14.7 Å². The van der Waals surface area contributed by atoms with Crippen LogP contribution in [0.1, 0.15) is 30.1 Å². The van der Waals surface area contributed by atoms with Gasteiger partial charge in [-0.1, -0.05) is 18.2 Å². The molecule has 2 aromatic rings. The minimum absolute atomic E-state index is 0.0465. The molecule has 1 aromatic heterocycles. The van der Waals surface area contributed by atoms with E-state index in [-0.39, 0.29) is 12.0 Å². The fourth-order valence-electron chi connectivity index (χ4n) is 4.95. The van der Waals surface area contributed by atoms with E-state index >= 15 is 0 Å². The summed E-state index contributed by atoms with van der Waals surface area (Å²) in [5, 5.41) is 4.23. The zero-order valence-corrected chi connectivity index (χ0v) is 18.8. The van der Waals surface area contributed by atoms with Gasteiger partial charge in [0.05, 0.1) is 19.8 Å². The summed E-state index contributed by atoms with van der Waals surface area (Å²) in [7, 11) is 0. The van der Waals surface area contributed by atoms with Gasteiger partial charge in [0.2, 0.25) is 5.91 Å². The van der Waals surface area contributed by atoms with Gasteiger partial charge in [-0.05, 0) is 35.7 Å². The molecule has 1 unspecified atom stereocenters. The van der Waals surface area contributed by atoms with Crippen molar-refractivity contribution < 1.29 is 14.3 Å². The normalized spacial score (nSPS) is 23.7. The molecular weight excluding hydrogens is 410 g/mol. The van der Waals surface area contributed by atoms with Crippen molar-refractivity contribution in [3.63, 3.8) is 0 Å². The van der Waals surface area contributed by atoms with Crippen LogP contribution in [0.2, 0.25) is 0 Å². The van der Waals surface area contributed by atoms with Gasteiger partial charge in [0, 0.05) is 56.4 Å². The number of thiophene rings is 1. The van der Waals surface area contributed by atoms with Crippen LogP contribution in [0.4, 0.5) is 0 Å². The van der Waals surface area contributed by atoms with Gasteiger partial charge < -0.3 is 14.4 Å². The van der Waals surface area contributed by atoms with E-state index in [0.29, 0.717) is 12.6 Å². The summed E-state index contributed by atoms with van der Waals surface area (Å²) in [5.74, 6) is 1.17. The number of amides is 1. The molecule has 6 nitrogen and oxygen atoms in total. The van der Waals surface area contributed by atoms with Crippen LogP contribution >= 0.6 is 11.3 Å². The predicted octanol–water partition coefficient (Wildman–Crippen LogP) is 3.01. The molecule has 0 bridgehead atoms.